The Balaban J connectivity index is 2.74. The standard InChI is InChI=1S/C15H22N2O4/c1-5-6-12(18)17-8-7-11(9-17)14(19)16(4)13(10(2)3)15(20)21/h10-11,13H,7-9H2,1-4H3,(H,20,21)/t11-,13?/m0/s1. The molecule has 0 saturated carbocycles. The quantitative estimate of drug-likeness (QED) is 0.763. The van der Waals surface area contributed by atoms with Gasteiger partial charge in [-0.1, -0.05) is 19.8 Å². The predicted octanol–water partition coefficient (Wildman–Crippen LogP) is 0.426. The molecule has 116 valence electrons. The number of aliphatic carboxylic acids is 1. The lowest BCUT2D eigenvalue weighted by molar-refractivity contribution is -0.152. The second kappa shape index (κ2) is 7.11. The fraction of sp³-hybridized carbons (Fsp3) is 0.667. The number of carbonyl (C=O) groups is 3. The zero-order valence-electron chi connectivity index (χ0n) is 12.9. The van der Waals surface area contributed by atoms with Crippen LogP contribution in [0.3, 0.4) is 0 Å². The van der Waals surface area contributed by atoms with Crippen LogP contribution in [0.2, 0.25) is 0 Å². The number of likely N-dealkylation sites (N-methyl/N-ethyl adjacent to an activating group) is 1. The fourth-order valence-electron chi connectivity index (χ4n) is 2.66. The molecule has 2 amide bonds. The van der Waals surface area contributed by atoms with Gasteiger partial charge in [-0.05, 0) is 25.2 Å². The maximum absolute atomic E-state index is 12.4. The number of rotatable bonds is 4. The van der Waals surface area contributed by atoms with Gasteiger partial charge in [0.05, 0.1) is 5.92 Å². The summed E-state index contributed by atoms with van der Waals surface area (Å²) in [6.07, 6.45) is 0.546. The number of nitrogens with zero attached hydrogens (tertiary/aromatic N) is 2. The van der Waals surface area contributed by atoms with Gasteiger partial charge in [0, 0.05) is 20.1 Å². The van der Waals surface area contributed by atoms with Gasteiger partial charge in [-0.25, -0.2) is 4.79 Å². The highest BCUT2D eigenvalue weighted by atomic mass is 16.4. The largest absolute Gasteiger partial charge is 0.480 e. The molecule has 1 fully saturated rings. The van der Waals surface area contributed by atoms with Crippen molar-refractivity contribution in [2.75, 3.05) is 20.1 Å². The Labute approximate surface area is 125 Å². The summed E-state index contributed by atoms with van der Waals surface area (Å²) in [6, 6.07) is -0.849. The minimum atomic E-state index is -1.01. The van der Waals surface area contributed by atoms with Crippen LogP contribution in [0, 0.1) is 23.7 Å². The Bertz CT molecular complexity index is 490. The Morgan fingerprint density at radius 1 is 1.33 bits per heavy atom. The molecule has 2 atom stereocenters. The van der Waals surface area contributed by atoms with E-state index in [1.54, 1.807) is 20.8 Å². The highest BCUT2D eigenvalue weighted by Gasteiger charge is 2.37. The van der Waals surface area contributed by atoms with Crippen molar-refractivity contribution in [3.8, 4) is 11.8 Å². The highest BCUT2D eigenvalue weighted by molar-refractivity contribution is 5.94. The third-order valence-electron chi connectivity index (χ3n) is 3.71. The number of hydrogen-bond donors (Lipinski definition) is 1. The van der Waals surface area contributed by atoms with Gasteiger partial charge in [0.1, 0.15) is 6.04 Å². The molecule has 6 heteroatoms. The molecule has 1 aliphatic rings. The number of likely N-dealkylation sites (tertiary alicyclic amines) is 1. The van der Waals surface area contributed by atoms with Crippen LogP contribution in [0.15, 0.2) is 0 Å². The van der Waals surface area contributed by atoms with Gasteiger partial charge in [0.25, 0.3) is 5.91 Å². The van der Waals surface area contributed by atoms with E-state index in [2.05, 4.69) is 11.8 Å². The van der Waals surface area contributed by atoms with Crippen LogP contribution >= 0.6 is 0 Å². The maximum Gasteiger partial charge on any atom is 0.326 e. The smallest absolute Gasteiger partial charge is 0.326 e. The van der Waals surface area contributed by atoms with E-state index in [1.165, 1.54) is 16.8 Å². The molecule has 21 heavy (non-hydrogen) atoms. The second-order valence-electron chi connectivity index (χ2n) is 5.59. The molecule has 1 rings (SSSR count). The lowest BCUT2D eigenvalue weighted by atomic mass is 10.0. The minimum absolute atomic E-state index is 0.179. The van der Waals surface area contributed by atoms with E-state index >= 15 is 0 Å². The second-order valence-corrected chi connectivity index (χ2v) is 5.59. The number of carbonyl (C=O) groups excluding carboxylic acids is 2. The molecule has 0 spiro atoms. The highest BCUT2D eigenvalue weighted by Crippen LogP contribution is 2.21. The summed E-state index contributed by atoms with van der Waals surface area (Å²) in [5.74, 6) is 2.95. The molecule has 0 aromatic carbocycles. The monoisotopic (exact) mass is 294 g/mol. The van der Waals surface area contributed by atoms with Gasteiger partial charge in [0.2, 0.25) is 5.91 Å². The molecule has 0 aromatic rings. The maximum atomic E-state index is 12.4. The van der Waals surface area contributed by atoms with Crippen molar-refractivity contribution in [1.29, 1.82) is 0 Å². The Morgan fingerprint density at radius 3 is 2.43 bits per heavy atom. The third-order valence-corrected chi connectivity index (χ3v) is 3.71. The Hall–Kier alpha value is -2.03. The first-order valence-electron chi connectivity index (χ1n) is 7.00. The summed E-state index contributed by atoms with van der Waals surface area (Å²) in [7, 11) is 1.51. The summed E-state index contributed by atoms with van der Waals surface area (Å²) >= 11 is 0. The summed E-state index contributed by atoms with van der Waals surface area (Å²) in [5.41, 5.74) is 0. The first-order valence-corrected chi connectivity index (χ1v) is 7.00. The molecule has 0 bridgehead atoms. The first kappa shape index (κ1) is 17.0. The van der Waals surface area contributed by atoms with Crippen LogP contribution in [0.1, 0.15) is 27.2 Å². The molecule has 0 aliphatic carbocycles. The van der Waals surface area contributed by atoms with E-state index in [0.29, 0.717) is 19.5 Å². The zero-order valence-corrected chi connectivity index (χ0v) is 12.9. The van der Waals surface area contributed by atoms with Crippen molar-refractivity contribution < 1.29 is 19.5 Å². The van der Waals surface area contributed by atoms with E-state index in [1.807, 2.05) is 0 Å². The van der Waals surface area contributed by atoms with Crippen LogP contribution in [0.4, 0.5) is 0 Å². The predicted molar refractivity (Wildman–Crippen MR) is 77.2 cm³/mol. The molecule has 1 unspecified atom stereocenters. The molecule has 6 nitrogen and oxygen atoms in total. The molecule has 1 aliphatic heterocycles. The van der Waals surface area contributed by atoms with Gasteiger partial charge in [0.15, 0.2) is 0 Å². The van der Waals surface area contributed by atoms with Crippen LogP contribution < -0.4 is 0 Å². The van der Waals surface area contributed by atoms with Crippen molar-refractivity contribution >= 4 is 17.8 Å². The molecule has 0 aromatic heterocycles. The van der Waals surface area contributed by atoms with Crippen LogP contribution in [-0.4, -0.2) is 58.9 Å². The van der Waals surface area contributed by atoms with Crippen molar-refractivity contribution in [1.82, 2.24) is 9.80 Å². The molecule has 1 heterocycles. The SMILES string of the molecule is CC#CC(=O)N1CC[C@H](C(=O)N(C)C(C(=O)O)C(C)C)C1. The summed E-state index contributed by atoms with van der Waals surface area (Å²) < 4.78 is 0. The number of carboxylic acid groups (broad SMARTS) is 1. The van der Waals surface area contributed by atoms with Gasteiger partial charge in [-0.15, -0.1) is 0 Å². The normalized spacial score (nSPS) is 18.9. The van der Waals surface area contributed by atoms with Gasteiger partial charge < -0.3 is 14.9 Å². The lowest BCUT2D eigenvalue weighted by Gasteiger charge is -2.29. The van der Waals surface area contributed by atoms with Crippen molar-refractivity contribution in [3.63, 3.8) is 0 Å². The third kappa shape index (κ3) is 3.97. The Morgan fingerprint density at radius 2 is 1.95 bits per heavy atom. The van der Waals surface area contributed by atoms with Crippen molar-refractivity contribution in [3.05, 3.63) is 0 Å². The van der Waals surface area contributed by atoms with E-state index < -0.39 is 12.0 Å². The van der Waals surface area contributed by atoms with Crippen molar-refractivity contribution in [2.24, 2.45) is 11.8 Å². The Kier molecular flexibility index (Phi) is 5.77. The number of hydrogen-bond acceptors (Lipinski definition) is 3. The van der Waals surface area contributed by atoms with Crippen LogP contribution in [0.5, 0.6) is 0 Å². The minimum Gasteiger partial charge on any atom is -0.480 e. The lowest BCUT2D eigenvalue weighted by Crippen LogP contribution is -2.48. The molecule has 1 N–H and O–H groups in total. The topological polar surface area (TPSA) is 77.9 Å². The van der Waals surface area contributed by atoms with Gasteiger partial charge in [-0.3, -0.25) is 9.59 Å². The molecular formula is C15H22N2O4. The summed E-state index contributed by atoms with van der Waals surface area (Å²) in [6.45, 7) is 5.91. The van der Waals surface area contributed by atoms with Gasteiger partial charge in [-0.2, -0.15) is 0 Å². The summed E-state index contributed by atoms with van der Waals surface area (Å²) in [4.78, 5) is 38.2. The van der Waals surface area contributed by atoms with E-state index in [0.717, 1.165) is 0 Å². The van der Waals surface area contributed by atoms with Crippen LogP contribution in [-0.2, 0) is 14.4 Å². The number of amides is 2. The summed E-state index contributed by atoms with van der Waals surface area (Å²) in [5, 5.41) is 9.24. The number of carboxylic acids is 1. The van der Waals surface area contributed by atoms with Gasteiger partial charge >= 0.3 is 5.97 Å². The average Bonchev–Trinajstić information content (AvgIpc) is 2.86. The molecular weight excluding hydrogens is 272 g/mol. The fourth-order valence-corrected chi connectivity index (χ4v) is 2.66. The van der Waals surface area contributed by atoms with E-state index in [9.17, 15) is 19.5 Å². The van der Waals surface area contributed by atoms with E-state index in [-0.39, 0.29) is 23.7 Å². The van der Waals surface area contributed by atoms with Crippen LogP contribution in [0.25, 0.3) is 0 Å². The van der Waals surface area contributed by atoms with E-state index in [4.69, 9.17) is 0 Å². The average molecular weight is 294 g/mol. The van der Waals surface area contributed by atoms with Crippen molar-refractivity contribution in [2.45, 2.75) is 33.2 Å². The molecule has 1 saturated heterocycles. The first-order chi connectivity index (χ1) is 9.79. The molecule has 0 radical (unpaired) electrons. The zero-order chi connectivity index (χ0) is 16.2.